The Balaban J connectivity index is 2.04. The lowest BCUT2D eigenvalue weighted by molar-refractivity contribution is 0.592. The summed E-state index contributed by atoms with van der Waals surface area (Å²) >= 11 is 0. The van der Waals surface area contributed by atoms with E-state index in [2.05, 4.69) is 28.6 Å². The maximum Gasteiger partial charge on any atom is 0.199 e. The number of rotatable bonds is 7. The van der Waals surface area contributed by atoms with Crippen molar-refractivity contribution in [2.45, 2.75) is 39.2 Å². The van der Waals surface area contributed by atoms with Crippen molar-refractivity contribution in [1.82, 2.24) is 9.55 Å². The fourth-order valence-electron chi connectivity index (χ4n) is 3.96. The Morgan fingerprint density at radius 1 is 0.793 bits per heavy atom. The van der Waals surface area contributed by atoms with E-state index in [4.69, 9.17) is 0 Å². The summed E-state index contributed by atoms with van der Waals surface area (Å²) in [5.74, 6) is 0. The van der Waals surface area contributed by atoms with Gasteiger partial charge in [-0.3, -0.25) is 4.79 Å². The van der Waals surface area contributed by atoms with E-state index in [1.54, 1.807) is 6.20 Å². The normalized spacial score (nSPS) is 11.1. The summed E-state index contributed by atoms with van der Waals surface area (Å²) in [5, 5.41) is 0.682. The first kappa shape index (κ1) is 19.1. The molecular weight excluding hydrogens is 356 g/mol. The molecule has 4 aromatic rings. The van der Waals surface area contributed by atoms with Gasteiger partial charge in [-0.1, -0.05) is 86.8 Å². The van der Waals surface area contributed by atoms with Gasteiger partial charge in [0, 0.05) is 12.7 Å². The molecule has 2 heterocycles. The predicted molar refractivity (Wildman–Crippen MR) is 121 cm³/mol. The Morgan fingerprint density at radius 2 is 1.48 bits per heavy atom. The van der Waals surface area contributed by atoms with E-state index in [0.717, 1.165) is 41.0 Å². The summed E-state index contributed by atoms with van der Waals surface area (Å²) in [5.41, 5.74) is 4.53. The maximum atomic E-state index is 13.6. The van der Waals surface area contributed by atoms with Crippen molar-refractivity contribution in [1.29, 1.82) is 0 Å². The zero-order valence-electron chi connectivity index (χ0n) is 16.8. The maximum absolute atomic E-state index is 13.6. The minimum Gasteiger partial charge on any atom is -0.325 e. The van der Waals surface area contributed by atoms with Gasteiger partial charge in [-0.2, -0.15) is 0 Å². The molecule has 0 spiro atoms. The molecule has 0 aliphatic carbocycles. The Hall–Kier alpha value is -3.20. The van der Waals surface area contributed by atoms with Crippen LogP contribution in [0.4, 0.5) is 0 Å². The van der Waals surface area contributed by atoms with Gasteiger partial charge in [0.05, 0.1) is 16.6 Å². The van der Waals surface area contributed by atoms with Crippen molar-refractivity contribution < 1.29 is 0 Å². The van der Waals surface area contributed by atoms with Gasteiger partial charge in [-0.25, -0.2) is 4.98 Å². The van der Waals surface area contributed by atoms with Crippen LogP contribution in [0, 0.1) is 0 Å². The van der Waals surface area contributed by atoms with Crippen molar-refractivity contribution in [2.75, 3.05) is 0 Å². The summed E-state index contributed by atoms with van der Waals surface area (Å²) in [7, 11) is 0. The highest BCUT2D eigenvalue weighted by molar-refractivity contribution is 5.90. The Morgan fingerprint density at radius 3 is 2.17 bits per heavy atom. The monoisotopic (exact) mass is 382 g/mol. The van der Waals surface area contributed by atoms with E-state index in [9.17, 15) is 4.79 Å². The molecule has 0 fully saturated rings. The van der Waals surface area contributed by atoms with Crippen LogP contribution in [0.2, 0.25) is 0 Å². The Bertz CT molecular complexity index is 1150. The van der Waals surface area contributed by atoms with Crippen molar-refractivity contribution in [3.63, 3.8) is 0 Å². The first-order valence-corrected chi connectivity index (χ1v) is 10.4. The molecular formula is C26H26N2O. The van der Waals surface area contributed by atoms with Crippen LogP contribution in [-0.2, 0) is 6.54 Å². The first-order valence-electron chi connectivity index (χ1n) is 10.4. The molecule has 2 aromatic heterocycles. The van der Waals surface area contributed by atoms with E-state index < -0.39 is 0 Å². The fourth-order valence-corrected chi connectivity index (χ4v) is 3.96. The number of hydrogen-bond donors (Lipinski definition) is 0. The molecule has 0 atom stereocenters. The van der Waals surface area contributed by atoms with Gasteiger partial charge >= 0.3 is 0 Å². The smallest absolute Gasteiger partial charge is 0.199 e. The van der Waals surface area contributed by atoms with Gasteiger partial charge in [0.15, 0.2) is 5.43 Å². The van der Waals surface area contributed by atoms with Crippen LogP contribution >= 0.6 is 0 Å². The molecule has 4 rings (SSSR count). The van der Waals surface area contributed by atoms with E-state index in [1.165, 1.54) is 19.3 Å². The number of pyridine rings is 2. The van der Waals surface area contributed by atoms with Gasteiger partial charge in [0.2, 0.25) is 0 Å². The molecule has 0 unspecified atom stereocenters. The van der Waals surface area contributed by atoms with Gasteiger partial charge in [-0.15, -0.1) is 0 Å². The average molecular weight is 383 g/mol. The Kier molecular flexibility index (Phi) is 5.85. The van der Waals surface area contributed by atoms with E-state index in [1.807, 2.05) is 60.7 Å². The number of benzene rings is 2. The largest absolute Gasteiger partial charge is 0.325 e. The quantitative estimate of drug-likeness (QED) is 0.351. The number of nitrogens with zero attached hydrogens (tertiary/aromatic N) is 2. The van der Waals surface area contributed by atoms with Crippen LogP contribution in [0.15, 0.2) is 83.8 Å². The van der Waals surface area contributed by atoms with Crippen LogP contribution in [0.3, 0.4) is 0 Å². The van der Waals surface area contributed by atoms with Gasteiger partial charge in [0.1, 0.15) is 5.65 Å². The number of aromatic nitrogens is 2. The van der Waals surface area contributed by atoms with Crippen LogP contribution in [0.1, 0.15) is 32.6 Å². The SMILES string of the molecule is CCCCCCn1c(-c2ccccc2)c(-c2ccccc2)c(=O)c2cccnc21. The van der Waals surface area contributed by atoms with Gasteiger partial charge < -0.3 is 4.57 Å². The topological polar surface area (TPSA) is 34.9 Å². The van der Waals surface area contributed by atoms with Crippen molar-refractivity contribution in [3.05, 3.63) is 89.2 Å². The fraction of sp³-hybridized carbons (Fsp3) is 0.231. The van der Waals surface area contributed by atoms with Crippen LogP contribution < -0.4 is 5.43 Å². The second kappa shape index (κ2) is 8.87. The number of unbranched alkanes of at least 4 members (excludes halogenated alkanes) is 3. The first-order chi connectivity index (χ1) is 14.3. The Labute approximate surface area is 171 Å². The highest BCUT2D eigenvalue weighted by Crippen LogP contribution is 2.32. The highest BCUT2D eigenvalue weighted by atomic mass is 16.1. The molecule has 29 heavy (non-hydrogen) atoms. The molecule has 2 aromatic carbocycles. The molecule has 0 bridgehead atoms. The molecule has 0 saturated heterocycles. The summed E-state index contributed by atoms with van der Waals surface area (Å²) in [6.45, 7) is 3.07. The lowest BCUT2D eigenvalue weighted by Gasteiger charge is -2.20. The third-order valence-corrected chi connectivity index (χ3v) is 5.37. The van der Waals surface area contributed by atoms with Crippen LogP contribution in [0.5, 0.6) is 0 Å². The van der Waals surface area contributed by atoms with Crippen molar-refractivity contribution in [2.24, 2.45) is 0 Å². The van der Waals surface area contributed by atoms with Crippen molar-refractivity contribution >= 4 is 11.0 Å². The number of fused-ring (bicyclic) bond motifs is 1. The molecule has 3 heteroatoms. The van der Waals surface area contributed by atoms with Crippen molar-refractivity contribution in [3.8, 4) is 22.4 Å². The van der Waals surface area contributed by atoms with E-state index in [0.29, 0.717) is 5.39 Å². The minimum atomic E-state index is 0.0444. The lowest BCUT2D eigenvalue weighted by Crippen LogP contribution is -2.17. The molecule has 0 radical (unpaired) electrons. The summed E-state index contributed by atoms with van der Waals surface area (Å²) < 4.78 is 2.25. The van der Waals surface area contributed by atoms with E-state index in [-0.39, 0.29) is 5.43 Å². The average Bonchev–Trinajstić information content (AvgIpc) is 2.79. The summed E-state index contributed by atoms with van der Waals surface area (Å²) in [6, 6.07) is 24.0. The molecule has 0 N–H and O–H groups in total. The zero-order chi connectivity index (χ0) is 20.1. The third-order valence-electron chi connectivity index (χ3n) is 5.37. The van der Waals surface area contributed by atoms with Gasteiger partial charge in [0.25, 0.3) is 0 Å². The molecule has 0 aliphatic heterocycles. The summed E-state index contributed by atoms with van der Waals surface area (Å²) in [6.07, 6.45) is 6.44. The highest BCUT2D eigenvalue weighted by Gasteiger charge is 2.20. The molecule has 0 aliphatic rings. The lowest BCUT2D eigenvalue weighted by atomic mass is 9.96. The van der Waals surface area contributed by atoms with Gasteiger partial charge in [-0.05, 0) is 29.7 Å². The predicted octanol–water partition coefficient (Wildman–Crippen LogP) is 6.31. The number of aryl methyl sites for hydroxylation is 1. The molecule has 0 amide bonds. The van der Waals surface area contributed by atoms with Crippen LogP contribution in [0.25, 0.3) is 33.4 Å². The molecule has 0 saturated carbocycles. The minimum absolute atomic E-state index is 0.0444. The molecule has 146 valence electrons. The zero-order valence-corrected chi connectivity index (χ0v) is 16.8. The van der Waals surface area contributed by atoms with Crippen LogP contribution in [-0.4, -0.2) is 9.55 Å². The van der Waals surface area contributed by atoms with E-state index >= 15 is 0 Å². The summed E-state index contributed by atoms with van der Waals surface area (Å²) in [4.78, 5) is 18.2. The molecule has 3 nitrogen and oxygen atoms in total. The third kappa shape index (κ3) is 3.86. The number of hydrogen-bond acceptors (Lipinski definition) is 2. The standard InChI is InChI=1S/C26H26N2O/c1-2-3-4-11-19-28-24(21-15-9-6-10-16-21)23(20-13-7-5-8-14-20)25(29)22-17-12-18-27-26(22)28/h5-10,12-18H,2-4,11,19H2,1H3. The second-order valence-electron chi connectivity index (χ2n) is 7.37. The second-order valence-corrected chi connectivity index (χ2v) is 7.37.